The lowest BCUT2D eigenvalue weighted by molar-refractivity contribution is -0.127. The normalized spacial score (nSPS) is 15.2. The number of thiophene rings is 1. The first kappa shape index (κ1) is 16.2. The number of amides is 3. The molecule has 0 saturated carbocycles. The van der Waals surface area contributed by atoms with E-state index in [9.17, 15) is 14.4 Å². The number of benzene rings is 1. The molecule has 7 heteroatoms. The van der Waals surface area contributed by atoms with Crippen molar-refractivity contribution in [2.24, 2.45) is 0 Å². The topological polar surface area (TPSA) is 75.7 Å². The van der Waals surface area contributed by atoms with E-state index < -0.39 is 18.0 Å². The van der Waals surface area contributed by atoms with E-state index in [0.717, 1.165) is 15.3 Å². The van der Waals surface area contributed by atoms with Gasteiger partial charge in [-0.1, -0.05) is 36.4 Å². The Bertz CT molecular complexity index is 714. The van der Waals surface area contributed by atoms with E-state index in [2.05, 4.69) is 5.32 Å². The SMILES string of the molecule is O=C(Cc1cccs1)NC(CN1C(=O)COC1=O)c1ccccc1. The molecule has 1 aliphatic heterocycles. The molecule has 124 valence electrons. The minimum atomic E-state index is -0.673. The van der Waals surface area contributed by atoms with E-state index >= 15 is 0 Å². The summed E-state index contributed by atoms with van der Waals surface area (Å²) in [6.07, 6.45) is -0.409. The third kappa shape index (κ3) is 3.80. The van der Waals surface area contributed by atoms with Crippen molar-refractivity contribution in [2.75, 3.05) is 13.2 Å². The Balaban J connectivity index is 1.73. The van der Waals surface area contributed by atoms with Crippen molar-refractivity contribution in [2.45, 2.75) is 12.5 Å². The van der Waals surface area contributed by atoms with E-state index in [1.54, 1.807) is 0 Å². The summed E-state index contributed by atoms with van der Waals surface area (Å²) < 4.78 is 4.73. The van der Waals surface area contributed by atoms with Gasteiger partial charge in [0.1, 0.15) is 0 Å². The summed E-state index contributed by atoms with van der Waals surface area (Å²) in [4.78, 5) is 37.7. The van der Waals surface area contributed by atoms with Crippen LogP contribution in [-0.4, -0.2) is 36.0 Å². The van der Waals surface area contributed by atoms with Gasteiger partial charge in [-0.25, -0.2) is 9.69 Å². The predicted molar refractivity (Wildman–Crippen MR) is 88.4 cm³/mol. The van der Waals surface area contributed by atoms with Gasteiger partial charge in [-0.2, -0.15) is 0 Å². The van der Waals surface area contributed by atoms with Crippen LogP contribution < -0.4 is 5.32 Å². The standard InChI is InChI=1S/C17H16N2O4S/c20-15(9-13-7-4-8-24-13)18-14(12-5-2-1-3-6-12)10-19-16(21)11-23-17(19)22/h1-8,14H,9-11H2,(H,18,20). The van der Waals surface area contributed by atoms with Gasteiger partial charge in [-0.15, -0.1) is 11.3 Å². The van der Waals surface area contributed by atoms with Gasteiger partial charge >= 0.3 is 6.09 Å². The molecule has 0 bridgehead atoms. The van der Waals surface area contributed by atoms with Crippen LogP contribution in [0.15, 0.2) is 47.8 Å². The van der Waals surface area contributed by atoms with Gasteiger partial charge < -0.3 is 10.1 Å². The van der Waals surface area contributed by atoms with Crippen LogP contribution in [0.3, 0.4) is 0 Å². The number of carbonyl (C=O) groups excluding carboxylic acids is 3. The van der Waals surface area contributed by atoms with Gasteiger partial charge in [0.2, 0.25) is 5.91 Å². The molecule has 0 spiro atoms. The number of hydrogen-bond donors (Lipinski definition) is 1. The van der Waals surface area contributed by atoms with Crippen molar-refractivity contribution in [3.05, 3.63) is 58.3 Å². The number of rotatable bonds is 6. The fraction of sp³-hybridized carbons (Fsp3) is 0.235. The van der Waals surface area contributed by atoms with Crippen molar-refractivity contribution in [3.63, 3.8) is 0 Å². The Kier molecular flexibility index (Phi) is 4.90. The lowest BCUT2D eigenvalue weighted by atomic mass is 10.1. The molecule has 1 aromatic heterocycles. The van der Waals surface area contributed by atoms with Crippen LogP contribution in [0, 0.1) is 0 Å². The zero-order valence-electron chi connectivity index (χ0n) is 12.8. The summed E-state index contributed by atoms with van der Waals surface area (Å²) in [5.41, 5.74) is 0.824. The van der Waals surface area contributed by atoms with E-state index in [1.165, 1.54) is 11.3 Å². The zero-order chi connectivity index (χ0) is 16.9. The summed E-state index contributed by atoms with van der Waals surface area (Å²) in [6, 6.07) is 12.6. The number of carbonyl (C=O) groups is 3. The summed E-state index contributed by atoms with van der Waals surface area (Å²) in [6.45, 7) is -0.193. The van der Waals surface area contributed by atoms with Crippen molar-refractivity contribution >= 4 is 29.2 Å². The molecule has 6 nitrogen and oxygen atoms in total. The highest BCUT2D eigenvalue weighted by atomic mass is 32.1. The molecule has 0 aliphatic carbocycles. The lowest BCUT2D eigenvalue weighted by Gasteiger charge is -2.22. The van der Waals surface area contributed by atoms with Crippen LogP contribution in [-0.2, 0) is 20.7 Å². The van der Waals surface area contributed by atoms with Crippen LogP contribution in [0.2, 0.25) is 0 Å². The first-order valence-electron chi connectivity index (χ1n) is 7.47. The molecule has 1 unspecified atom stereocenters. The van der Waals surface area contributed by atoms with Gasteiger partial charge in [0.15, 0.2) is 6.61 Å². The molecular formula is C17H16N2O4S. The van der Waals surface area contributed by atoms with Crippen molar-refractivity contribution in [1.29, 1.82) is 0 Å². The molecule has 1 aliphatic rings. The minimum absolute atomic E-state index is 0.0534. The van der Waals surface area contributed by atoms with Gasteiger partial charge in [0.25, 0.3) is 5.91 Å². The van der Waals surface area contributed by atoms with Gasteiger partial charge in [0, 0.05) is 4.88 Å². The molecule has 1 aromatic carbocycles. The van der Waals surface area contributed by atoms with E-state index in [-0.39, 0.29) is 25.5 Å². The maximum Gasteiger partial charge on any atom is 0.417 e. The van der Waals surface area contributed by atoms with Crippen LogP contribution in [0.25, 0.3) is 0 Å². The van der Waals surface area contributed by atoms with Gasteiger partial charge in [-0.05, 0) is 17.0 Å². The third-order valence-corrected chi connectivity index (χ3v) is 4.53. The van der Waals surface area contributed by atoms with Crippen molar-refractivity contribution < 1.29 is 19.1 Å². The molecule has 1 saturated heterocycles. The second-order valence-electron chi connectivity index (χ2n) is 5.35. The van der Waals surface area contributed by atoms with Crippen LogP contribution in [0.4, 0.5) is 4.79 Å². The van der Waals surface area contributed by atoms with Crippen LogP contribution in [0.5, 0.6) is 0 Å². The van der Waals surface area contributed by atoms with E-state index in [0.29, 0.717) is 0 Å². The highest BCUT2D eigenvalue weighted by Crippen LogP contribution is 2.18. The molecule has 0 radical (unpaired) electrons. The maximum absolute atomic E-state index is 12.3. The largest absolute Gasteiger partial charge is 0.439 e. The Morgan fingerprint density at radius 1 is 1.21 bits per heavy atom. The molecule has 3 amide bonds. The second-order valence-corrected chi connectivity index (χ2v) is 6.38. The highest BCUT2D eigenvalue weighted by Gasteiger charge is 2.33. The lowest BCUT2D eigenvalue weighted by Crippen LogP contribution is -2.40. The highest BCUT2D eigenvalue weighted by molar-refractivity contribution is 7.10. The third-order valence-electron chi connectivity index (χ3n) is 3.66. The number of hydrogen-bond acceptors (Lipinski definition) is 5. The Labute approximate surface area is 143 Å². The molecule has 3 rings (SSSR count). The molecular weight excluding hydrogens is 328 g/mol. The Morgan fingerprint density at radius 3 is 2.62 bits per heavy atom. The molecule has 1 fully saturated rings. The molecule has 1 atom stereocenters. The zero-order valence-corrected chi connectivity index (χ0v) is 13.6. The Hall–Kier alpha value is -2.67. The number of ether oxygens (including phenoxy) is 1. The average Bonchev–Trinajstić information content (AvgIpc) is 3.20. The first-order chi connectivity index (χ1) is 11.6. The molecule has 2 heterocycles. The summed E-state index contributed by atoms with van der Waals surface area (Å²) in [5.74, 6) is -0.556. The number of nitrogens with zero attached hydrogens (tertiary/aromatic N) is 1. The smallest absolute Gasteiger partial charge is 0.417 e. The number of cyclic esters (lactones) is 1. The number of nitrogens with one attached hydrogen (secondary N) is 1. The summed E-state index contributed by atoms with van der Waals surface area (Å²) in [7, 11) is 0. The fourth-order valence-corrected chi connectivity index (χ4v) is 3.18. The van der Waals surface area contributed by atoms with E-state index in [4.69, 9.17) is 4.74 Å². The second kappa shape index (κ2) is 7.27. The van der Waals surface area contributed by atoms with Crippen molar-refractivity contribution in [3.8, 4) is 0 Å². The first-order valence-corrected chi connectivity index (χ1v) is 8.35. The fourth-order valence-electron chi connectivity index (χ4n) is 2.48. The summed E-state index contributed by atoms with van der Waals surface area (Å²) in [5, 5.41) is 4.82. The molecule has 1 N–H and O–H groups in total. The molecule has 24 heavy (non-hydrogen) atoms. The molecule has 2 aromatic rings. The monoisotopic (exact) mass is 344 g/mol. The van der Waals surface area contributed by atoms with Gasteiger partial charge in [-0.3, -0.25) is 9.59 Å². The number of imide groups is 1. The summed E-state index contributed by atoms with van der Waals surface area (Å²) >= 11 is 1.51. The van der Waals surface area contributed by atoms with Crippen molar-refractivity contribution in [1.82, 2.24) is 10.2 Å². The Morgan fingerprint density at radius 2 is 2.00 bits per heavy atom. The van der Waals surface area contributed by atoms with E-state index in [1.807, 2.05) is 47.8 Å². The van der Waals surface area contributed by atoms with Gasteiger partial charge in [0.05, 0.1) is 19.0 Å². The minimum Gasteiger partial charge on any atom is -0.439 e. The average molecular weight is 344 g/mol. The van der Waals surface area contributed by atoms with Crippen LogP contribution in [0.1, 0.15) is 16.5 Å². The quantitative estimate of drug-likeness (QED) is 0.871. The maximum atomic E-state index is 12.3. The van der Waals surface area contributed by atoms with Crippen LogP contribution >= 0.6 is 11.3 Å². The predicted octanol–water partition coefficient (Wildman–Crippen LogP) is 2.13.